The molecule has 6 heteroatoms. The van der Waals surface area contributed by atoms with E-state index in [4.69, 9.17) is 0 Å². The standard InChI is InChI=1S/C18H21F5O/c1-2-3-12-4-6-13(7-5-12)14-8-9-16(15(19)10-14)24-18(22,23)11-17(20)21/h8-13H,2-7H2,1H3. The van der Waals surface area contributed by atoms with E-state index in [2.05, 4.69) is 11.7 Å². The molecule has 1 aliphatic rings. The van der Waals surface area contributed by atoms with Crippen molar-refractivity contribution in [3.05, 3.63) is 41.7 Å². The van der Waals surface area contributed by atoms with Gasteiger partial charge in [0.1, 0.15) is 0 Å². The third-order valence-electron chi connectivity index (χ3n) is 4.49. The predicted molar refractivity (Wildman–Crippen MR) is 81.9 cm³/mol. The summed E-state index contributed by atoms with van der Waals surface area (Å²) >= 11 is 0. The third kappa shape index (κ3) is 5.21. The lowest BCUT2D eigenvalue weighted by Gasteiger charge is -2.28. The highest BCUT2D eigenvalue weighted by Gasteiger charge is 2.32. The Hall–Kier alpha value is -1.59. The maximum absolute atomic E-state index is 14.0. The first-order valence-electron chi connectivity index (χ1n) is 8.21. The Bertz CT molecular complexity index is 573. The van der Waals surface area contributed by atoms with Crippen molar-refractivity contribution in [2.75, 3.05) is 0 Å². The molecule has 0 saturated heterocycles. The minimum Gasteiger partial charge on any atom is -0.426 e. The maximum atomic E-state index is 14.0. The quantitative estimate of drug-likeness (QED) is 0.523. The average molecular weight is 348 g/mol. The molecule has 24 heavy (non-hydrogen) atoms. The zero-order valence-corrected chi connectivity index (χ0v) is 13.5. The van der Waals surface area contributed by atoms with Crippen LogP contribution in [0.1, 0.15) is 56.9 Å². The van der Waals surface area contributed by atoms with Gasteiger partial charge < -0.3 is 4.74 Å². The van der Waals surface area contributed by atoms with Gasteiger partial charge in [0.25, 0.3) is 6.08 Å². The lowest BCUT2D eigenvalue weighted by atomic mass is 9.77. The molecule has 0 aromatic heterocycles. The molecule has 1 nitrogen and oxygen atoms in total. The summed E-state index contributed by atoms with van der Waals surface area (Å²) in [5, 5.41) is 0. The minimum absolute atomic E-state index is 0.199. The molecule has 1 aromatic rings. The van der Waals surface area contributed by atoms with E-state index in [1.807, 2.05) is 0 Å². The molecule has 1 fully saturated rings. The van der Waals surface area contributed by atoms with Gasteiger partial charge >= 0.3 is 6.11 Å². The van der Waals surface area contributed by atoms with Gasteiger partial charge in [-0.2, -0.15) is 17.6 Å². The van der Waals surface area contributed by atoms with E-state index in [9.17, 15) is 22.0 Å². The summed E-state index contributed by atoms with van der Waals surface area (Å²) in [6, 6.07) is 3.79. The Balaban J connectivity index is 2.04. The summed E-state index contributed by atoms with van der Waals surface area (Å²) in [6.45, 7) is 2.15. The molecular weight excluding hydrogens is 327 g/mol. The molecular formula is C18H21F5O. The molecule has 0 aliphatic heterocycles. The van der Waals surface area contributed by atoms with Crippen LogP contribution < -0.4 is 4.74 Å². The second-order valence-corrected chi connectivity index (χ2v) is 6.29. The first-order valence-corrected chi connectivity index (χ1v) is 8.21. The molecule has 0 spiro atoms. The Kier molecular flexibility index (Phi) is 6.24. The first kappa shape index (κ1) is 18.7. The van der Waals surface area contributed by atoms with Crippen LogP contribution in [0.2, 0.25) is 0 Å². The average Bonchev–Trinajstić information content (AvgIpc) is 2.49. The molecule has 0 atom stereocenters. The molecule has 0 radical (unpaired) electrons. The van der Waals surface area contributed by atoms with Gasteiger partial charge in [-0.15, -0.1) is 0 Å². The van der Waals surface area contributed by atoms with Gasteiger partial charge in [-0.3, -0.25) is 0 Å². The summed E-state index contributed by atoms with van der Waals surface area (Å²) in [4.78, 5) is 0. The molecule has 1 saturated carbocycles. The van der Waals surface area contributed by atoms with Gasteiger partial charge in [0.05, 0.1) is 6.08 Å². The zero-order chi connectivity index (χ0) is 17.7. The van der Waals surface area contributed by atoms with Crippen LogP contribution in [0.5, 0.6) is 5.75 Å². The van der Waals surface area contributed by atoms with Crippen LogP contribution in [-0.4, -0.2) is 6.11 Å². The zero-order valence-electron chi connectivity index (χ0n) is 13.5. The smallest absolute Gasteiger partial charge is 0.425 e. The largest absolute Gasteiger partial charge is 0.426 e. The van der Waals surface area contributed by atoms with Crippen LogP contribution in [0.25, 0.3) is 0 Å². The summed E-state index contributed by atoms with van der Waals surface area (Å²) in [5.41, 5.74) is 0.741. The van der Waals surface area contributed by atoms with Crippen molar-refractivity contribution in [1.82, 2.24) is 0 Å². The predicted octanol–water partition coefficient (Wildman–Crippen LogP) is 6.65. The SMILES string of the molecule is CCCC1CCC(c2ccc(OC(F)(F)C=C(F)F)c(F)c2)CC1. The number of rotatable bonds is 6. The van der Waals surface area contributed by atoms with Gasteiger partial charge in [-0.25, -0.2) is 4.39 Å². The van der Waals surface area contributed by atoms with E-state index in [1.165, 1.54) is 18.6 Å². The Morgan fingerprint density at radius 1 is 1.21 bits per heavy atom. The van der Waals surface area contributed by atoms with E-state index >= 15 is 0 Å². The molecule has 2 rings (SSSR count). The van der Waals surface area contributed by atoms with Crippen LogP contribution >= 0.6 is 0 Å². The van der Waals surface area contributed by atoms with Crippen LogP contribution in [0.15, 0.2) is 30.4 Å². The summed E-state index contributed by atoms with van der Waals surface area (Å²) in [6.07, 6.45) is -1.09. The Morgan fingerprint density at radius 2 is 1.88 bits per heavy atom. The highest BCUT2D eigenvalue weighted by molar-refractivity contribution is 5.32. The van der Waals surface area contributed by atoms with E-state index in [-0.39, 0.29) is 5.92 Å². The normalized spacial score (nSPS) is 21.4. The van der Waals surface area contributed by atoms with Gasteiger partial charge in [-0.1, -0.05) is 25.8 Å². The van der Waals surface area contributed by atoms with Crippen molar-refractivity contribution in [3.8, 4) is 5.75 Å². The minimum atomic E-state index is -4.25. The number of ether oxygens (including phenoxy) is 1. The number of hydrogen-bond acceptors (Lipinski definition) is 1. The second kappa shape index (κ2) is 7.99. The van der Waals surface area contributed by atoms with Crippen molar-refractivity contribution in [2.45, 2.75) is 57.5 Å². The maximum Gasteiger partial charge on any atom is 0.425 e. The number of hydrogen-bond donors (Lipinski definition) is 0. The van der Waals surface area contributed by atoms with E-state index in [1.54, 1.807) is 0 Å². The fourth-order valence-corrected chi connectivity index (χ4v) is 3.35. The van der Waals surface area contributed by atoms with Gasteiger partial charge in [0.15, 0.2) is 11.6 Å². The molecule has 0 heterocycles. The fourth-order valence-electron chi connectivity index (χ4n) is 3.35. The van der Waals surface area contributed by atoms with Gasteiger partial charge in [-0.05, 0) is 55.2 Å². The number of alkyl halides is 2. The first-order chi connectivity index (χ1) is 11.3. The highest BCUT2D eigenvalue weighted by atomic mass is 19.3. The summed E-state index contributed by atoms with van der Waals surface area (Å²) in [5.74, 6) is -0.790. The molecule has 0 bridgehead atoms. The summed E-state index contributed by atoms with van der Waals surface area (Å²) in [7, 11) is 0. The monoisotopic (exact) mass is 348 g/mol. The Morgan fingerprint density at radius 3 is 2.42 bits per heavy atom. The molecule has 1 aromatic carbocycles. The molecule has 0 unspecified atom stereocenters. The van der Waals surface area contributed by atoms with E-state index in [0.717, 1.165) is 43.7 Å². The van der Waals surface area contributed by atoms with Gasteiger partial charge in [0, 0.05) is 0 Å². The van der Waals surface area contributed by atoms with Crippen molar-refractivity contribution in [2.24, 2.45) is 5.92 Å². The van der Waals surface area contributed by atoms with Gasteiger partial charge in [0.2, 0.25) is 0 Å². The molecule has 1 aliphatic carbocycles. The summed E-state index contributed by atoms with van der Waals surface area (Å²) < 4.78 is 68.3. The van der Waals surface area contributed by atoms with Crippen molar-refractivity contribution in [3.63, 3.8) is 0 Å². The number of halogens is 5. The topological polar surface area (TPSA) is 9.23 Å². The third-order valence-corrected chi connectivity index (χ3v) is 4.49. The highest BCUT2D eigenvalue weighted by Crippen LogP contribution is 2.39. The van der Waals surface area contributed by atoms with Crippen molar-refractivity contribution < 1.29 is 26.7 Å². The molecule has 0 N–H and O–H groups in total. The van der Waals surface area contributed by atoms with Crippen LogP contribution in [-0.2, 0) is 0 Å². The van der Waals surface area contributed by atoms with Crippen molar-refractivity contribution in [1.29, 1.82) is 0 Å². The van der Waals surface area contributed by atoms with E-state index in [0.29, 0.717) is 5.92 Å². The van der Waals surface area contributed by atoms with Crippen molar-refractivity contribution >= 4 is 0 Å². The molecule has 0 amide bonds. The van der Waals surface area contributed by atoms with Crippen LogP contribution in [0.3, 0.4) is 0 Å². The van der Waals surface area contributed by atoms with E-state index < -0.39 is 29.8 Å². The van der Waals surface area contributed by atoms with Crippen LogP contribution in [0.4, 0.5) is 22.0 Å². The lowest BCUT2D eigenvalue weighted by Crippen LogP contribution is -2.22. The lowest BCUT2D eigenvalue weighted by molar-refractivity contribution is -0.135. The Labute approximate surface area is 138 Å². The fraction of sp³-hybridized carbons (Fsp3) is 0.556. The van der Waals surface area contributed by atoms with Crippen LogP contribution in [0, 0.1) is 11.7 Å². The molecule has 134 valence electrons. The number of benzene rings is 1. The second-order valence-electron chi connectivity index (χ2n) is 6.29.